The number of carbonyl (C=O) groups excluding carboxylic acids is 2. The van der Waals surface area contributed by atoms with Crippen LogP contribution in [0.2, 0.25) is 0 Å². The van der Waals surface area contributed by atoms with E-state index in [0.29, 0.717) is 12.1 Å². The highest BCUT2D eigenvalue weighted by molar-refractivity contribution is 6.10. The summed E-state index contributed by atoms with van der Waals surface area (Å²) < 4.78 is 1.62. The van der Waals surface area contributed by atoms with Crippen LogP contribution in [0.4, 0.5) is 5.69 Å². The van der Waals surface area contributed by atoms with E-state index < -0.39 is 11.6 Å². The number of rotatable bonds is 2. The van der Waals surface area contributed by atoms with Crippen LogP contribution in [0.1, 0.15) is 27.2 Å². The molecule has 0 aliphatic carbocycles. The van der Waals surface area contributed by atoms with Crippen LogP contribution in [0.15, 0.2) is 12.4 Å². The van der Waals surface area contributed by atoms with Gasteiger partial charge in [-0.25, -0.2) is 0 Å². The zero-order chi connectivity index (χ0) is 13.5. The summed E-state index contributed by atoms with van der Waals surface area (Å²) in [5, 5.41) is 6.84. The van der Waals surface area contributed by atoms with Crippen molar-refractivity contribution in [1.29, 1.82) is 0 Å². The van der Waals surface area contributed by atoms with Gasteiger partial charge in [0.25, 0.3) is 5.91 Å². The summed E-state index contributed by atoms with van der Waals surface area (Å²) in [4.78, 5) is 26.0. The van der Waals surface area contributed by atoms with Crippen LogP contribution >= 0.6 is 0 Å². The summed E-state index contributed by atoms with van der Waals surface area (Å²) in [5.41, 5.74) is -0.177. The Morgan fingerprint density at radius 2 is 2.17 bits per heavy atom. The standard InChI is InChI=1S/C12H18N4O2/c1-5-12(3)11(18)16(8(2)10(17)14-12)9-6-13-15(4)7-9/h6-8H,5H2,1-4H3,(H,14,17). The molecular formula is C12H18N4O2. The zero-order valence-corrected chi connectivity index (χ0v) is 11.1. The Bertz CT molecular complexity index is 496. The van der Waals surface area contributed by atoms with Crippen molar-refractivity contribution in [2.24, 2.45) is 7.05 Å². The lowest BCUT2D eigenvalue weighted by atomic mass is 9.92. The van der Waals surface area contributed by atoms with E-state index in [0.717, 1.165) is 0 Å². The lowest BCUT2D eigenvalue weighted by molar-refractivity contribution is -0.137. The number of nitrogens with zero attached hydrogens (tertiary/aromatic N) is 3. The second-order valence-corrected chi connectivity index (χ2v) is 4.90. The molecule has 18 heavy (non-hydrogen) atoms. The molecule has 1 saturated heterocycles. The molecule has 1 N–H and O–H groups in total. The first kappa shape index (κ1) is 12.6. The van der Waals surface area contributed by atoms with E-state index in [1.165, 1.54) is 4.90 Å². The van der Waals surface area contributed by atoms with Crippen LogP contribution < -0.4 is 10.2 Å². The summed E-state index contributed by atoms with van der Waals surface area (Å²) in [5.74, 6) is -0.229. The molecule has 1 aliphatic heterocycles. The van der Waals surface area contributed by atoms with Gasteiger partial charge < -0.3 is 5.32 Å². The summed E-state index contributed by atoms with van der Waals surface area (Å²) in [6.45, 7) is 5.35. The third-order valence-electron chi connectivity index (χ3n) is 3.53. The maximum Gasteiger partial charge on any atom is 0.253 e. The van der Waals surface area contributed by atoms with Crippen molar-refractivity contribution in [3.63, 3.8) is 0 Å². The van der Waals surface area contributed by atoms with Crippen LogP contribution in [0.5, 0.6) is 0 Å². The van der Waals surface area contributed by atoms with Crippen molar-refractivity contribution in [1.82, 2.24) is 15.1 Å². The number of amides is 2. The van der Waals surface area contributed by atoms with Crippen molar-refractivity contribution in [2.45, 2.75) is 38.8 Å². The van der Waals surface area contributed by atoms with E-state index in [9.17, 15) is 9.59 Å². The maximum absolute atomic E-state index is 12.5. The highest BCUT2D eigenvalue weighted by Crippen LogP contribution is 2.26. The van der Waals surface area contributed by atoms with Crippen molar-refractivity contribution in [3.8, 4) is 0 Å². The van der Waals surface area contributed by atoms with E-state index >= 15 is 0 Å². The molecule has 1 fully saturated rings. The molecule has 0 bridgehead atoms. The molecule has 98 valence electrons. The number of nitrogens with one attached hydrogen (secondary N) is 1. The molecule has 0 aromatic carbocycles. The van der Waals surface area contributed by atoms with Gasteiger partial charge in [0.2, 0.25) is 5.91 Å². The lowest BCUT2D eigenvalue weighted by Gasteiger charge is -2.42. The first-order chi connectivity index (χ1) is 8.39. The van der Waals surface area contributed by atoms with Gasteiger partial charge in [0.15, 0.2) is 0 Å². The lowest BCUT2D eigenvalue weighted by Crippen LogP contribution is -2.68. The monoisotopic (exact) mass is 250 g/mol. The van der Waals surface area contributed by atoms with Gasteiger partial charge in [-0.1, -0.05) is 6.92 Å². The molecular weight excluding hydrogens is 232 g/mol. The minimum absolute atomic E-state index is 0.0925. The highest BCUT2D eigenvalue weighted by atomic mass is 16.2. The minimum atomic E-state index is -0.834. The molecule has 2 amide bonds. The SMILES string of the molecule is CCC1(C)NC(=O)C(C)N(c2cnn(C)c2)C1=O. The number of hydrogen-bond acceptors (Lipinski definition) is 3. The van der Waals surface area contributed by atoms with Gasteiger partial charge in [-0.2, -0.15) is 5.10 Å². The van der Waals surface area contributed by atoms with Gasteiger partial charge in [0, 0.05) is 13.2 Å². The first-order valence-electron chi connectivity index (χ1n) is 6.03. The Kier molecular flexibility index (Phi) is 2.88. The number of aryl methyl sites for hydroxylation is 1. The van der Waals surface area contributed by atoms with Crippen molar-refractivity contribution in [3.05, 3.63) is 12.4 Å². The number of hydrogen-bond donors (Lipinski definition) is 1. The molecule has 6 heteroatoms. The Balaban J connectivity index is 2.43. The fourth-order valence-electron chi connectivity index (χ4n) is 2.10. The molecule has 1 aliphatic rings. The van der Waals surface area contributed by atoms with Crippen molar-refractivity contribution in [2.75, 3.05) is 4.90 Å². The average Bonchev–Trinajstić information content (AvgIpc) is 2.74. The smallest absolute Gasteiger partial charge is 0.253 e. The van der Waals surface area contributed by atoms with Crippen LogP contribution in [-0.4, -0.2) is 33.2 Å². The van der Waals surface area contributed by atoms with Gasteiger partial charge in [-0.15, -0.1) is 0 Å². The Labute approximate surface area is 106 Å². The summed E-state index contributed by atoms with van der Waals surface area (Å²) in [7, 11) is 1.78. The fourth-order valence-corrected chi connectivity index (χ4v) is 2.10. The number of carbonyl (C=O) groups is 2. The molecule has 2 atom stereocenters. The molecule has 1 aromatic heterocycles. The van der Waals surface area contributed by atoms with E-state index in [1.807, 2.05) is 6.92 Å². The fraction of sp³-hybridized carbons (Fsp3) is 0.583. The van der Waals surface area contributed by atoms with Crippen LogP contribution in [-0.2, 0) is 16.6 Å². The van der Waals surface area contributed by atoms with E-state index in [-0.39, 0.29) is 11.8 Å². The molecule has 0 radical (unpaired) electrons. The minimum Gasteiger partial charge on any atom is -0.340 e. The second kappa shape index (κ2) is 4.12. The van der Waals surface area contributed by atoms with Gasteiger partial charge in [-0.05, 0) is 20.3 Å². The molecule has 0 spiro atoms. The Morgan fingerprint density at radius 1 is 1.50 bits per heavy atom. The quantitative estimate of drug-likeness (QED) is 0.828. The number of aromatic nitrogens is 2. The van der Waals surface area contributed by atoms with Crippen LogP contribution in [0, 0.1) is 0 Å². The number of anilines is 1. The summed E-state index contributed by atoms with van der Waals surface area (Å²) >= 11 is 0. The molecule has 2 heterocycles. The van der Waals surface area contributed by atoms with Crippen molar-refractivity contribution < 1.29 is 9.59 Å². The molecule has 2 rings (SSSR count). The van der Waals surface area contributed by atoms with E-state index in [4.69, 9.17) is 0 Å². The van der Waals surface area contributed by atoms with Gasteiger partial charge >= 0.3 is 0 Å². The number of piperazine rings is 1. The predicted octanol–water partition coefficient (Wildman–Crippen LogP) is 0.440. The molecule has 1 aromatic rings. The summed E-state index contributed by atoms with van der Waals surface area (Å²) in [6.07, 6.45) is 3.90. The van der Waals surface area contributed by atoms with E-state index in [1.54, 1.807) is 38.0 Å². The van der Waals surface area contributed by atoms with Crippen molar-refractivity contribution >= 4 is 17.5 Å². The Morgan fingerprint density at radius 3 is 2.67 bits per heavy atom. The van der Waals surface area contributed by atoms with Gasteiger partial charge in [0.05, 0.1) is 11.9 Å². The van der Waals surface area contributed by atoms with Crippen LogP contribution in [0.3, 0.4) is 0 Å². The summed E-state index contributed by atoms with van der Waals surface area (Å²) in [6, 6.07) is -0.513. The van der Waals surface area contributed by atoms with Crippen LogP contribution in [0.25, 0.3) is 0 Å². The van der Waals surface area contributed by atoms with Gasteiger partial charge in [0.1, 0.15) is 11.6 Å². The largest absolute Gasteiger partial charge is 0.340 e. The Hall–Kier alpha value is -1.85. The highest BCUT2D eigenvalue weighted by Gasteiger charge is 2.46. The predicted molar refractivity (Wildman–Crippen MR) is 67.0 cm³/mol. The maximum atomic E-state index is 12.5. The van der Waals surface area contributed by atoms with E-state index in [2.05, 4.69) is 10.4 Å². The molecule has 2 unspecified atom stereocenters. The first-order valence-corrected chi connectivity index (χ1v) is 6.03. The topological polar surface area (TPSA) is 67.2 Å². The second-order valence-electron chi connectivity index (χ2n) is 4.90. The molecule has 0 saturated carbocycles. The normalized spacial score (nSPS) is 28.4. The molecule has 6 nitrogen and oxygen atoms in total. The zero-order valence-electron chi connectivity index (χ0n) is 11.1. The van der Waals surface area contributed by atoms with Gasteiger partial charge in [-0.3, -0.25) is 19.2 Å². The average molecular weight is 250 g/mol. The third kappa shape index (κ3) is 1.77. The third-order valence-corrected chi connectivity index (χ3v) is 3.53.